The maximum Gasteiger partial charge on any atom is 1.00 e. The molecule has 1 rings (SSSR count). The Hall–Kier alpha value is -1.45. The summed E-state index contributed by atoms with van der Waals surface area (Å²) in [7, 11) is -4.80. The number of carbonyl (C=O) groups is 2. The minimum absolute atomic E-state index is 0. The molecule has 1 aromatic rings. The molecule has 0 amide bonds. The van der Waals surface area contributed by atoms with Gasteiger partial charge in [-0.3, -0.25) is 0 Å². The zero-order valence-electron chi connectivity index (χ0n) is 19.9. The molecule has 0 saturated carbocycles. The fourth-order valence-corrected chi connectivity index (χ4v) is 3.21. The summed E-state index contributed by atoms with van der Waals surface area (Å²) in [5.74, 6) is -1.64. The number of esters is 2. The van der Waals surface area contributed by atoms with Gasteiger partial charge in [-0.2, -0.15) is 0 Å². The van der Waals surface area contributed by atoms with Crippen molar-refractivity contribution in [2.75, 3.05) is 13.2 Å². The van der Waals surface area contributed by atoms with E-state index in [1.165, 1.54) is 0 Å². The molecular weight excluding hydrogens is 455 g/mol. The van der Waals surface area contributed by atoms with Crippen molar-refractivity contribution in [3.63, 3.8) is 0 Å². The third kappa shape index (κ3) is 13.1. The van der Waals surface area contributed by atoms with Gasteiger partial charge in [0.05, 0.1) is 29.2 Å². The molecule has 0 aromatic heterocycles. The quantitative estimate of drug-likeness (QED) is 0.122. The SMILES string of the molecule is CCC/C=C/CCCOC(=O)c1ccc(S(=O)(=O)[O-])cc1C(=O)OCCC/C=C/CCC.[Na+]. The van der Waals surface area contributed by atoms with Crippen LogP contribution in [0.3, 0.4) is 0 Å². The average molecular weight is 489 g/mol. The third-order valence-electron chi connectivity index (χ3n) is 4.46. The Balaban J connectivity index is 0.0000102. The summed E-state index contributed by atoms with van der Waals surface area (Å²) >= 11 is 0. The zero-order valence-corrected chi connectivity index (χ0v) is 22.7. The molecule has 33 heavy (non-hydrogen) atoms. The zero-order chi connectivity index (χ0) is 23.8. The largest absolute Gasteiger partial charge is 1.00 e. The molecular formula is C24H33NaO7S. The number of benzene rings is 1. The van der Waals surface area contributed by atoms with E-state index in [1.54, 1.807) is 0 Å². The van der Waals surface area contributed by atoms with Gasteiger partial charge in [0, 0.05) is 0 Å². The molecule has 0 spiro atoms. The second kappa shape index (κ2) is 18.0. The number of hydrogen-bond acceptors (Lipinski definition) is 7. The second-order valence-corrected chi connectivity index (χ2v) is 8.62. The smallest absolute Gasteiger partial charge is 0.744 e. The molecule has 0 radical (unpaired) electrons. The summed E-state index contributed by atoms with van der Waals surface area (Å²) in [5.41, 5.74) is -0.428. The number of unbranched alkanes of at least 4 members (excludes halogenated alkanes) is 4. The van der Waals surface area contributed by atoms with Crippen molar-refractivity contribution >= 4 is 22.1 Å². The minimum atomic E-state index is -4.80. The summed E-state index contributed by atoms with van der Waals surface area (Å²) in [6.45, 7) is 4.41. The first kappa shape index (κ1) is 31.6. The van der Waals surface area contributed by atoms with Crippen LogP contribution in [0.25, 0.3) is 0 Å². The summed E-state index contributed by atoms with van der Waals surface area (Å²) in [6, 6.07) is 2.97. The van der Waals surface area contributed by atoms with Gasteiger partial charge in [-0.25, -0.2) is 18.0 Å². The van der Waals surface area contributed by atoms with E-state index in [0.717, 1.165) is 56.7 Å². The monoisotopic (exact) mass is 488 g/mol. The van der Waals surface area contributed by atoms with Gasteiger partial charge in [0.2, 0.25) is 0 Å². The van der Waals surface area contributed by atoms with Crippen LogP contribution in [-0.2, 0) is 19.6 Å². The molecule has 0 aliphatic heterocycles. The molecule has 0 bridgehead atoms. The van der Waals surface area contributed by atoms with Crippen molar-refractivity contribution in [3.05, 3.63) is 53.6 Å². The third-order valence-corrected chi connectivity index (χ3v) is 5.29. The molecule has 0 atom stereocenters. The van der Waals surface area contributed by atoms with Crippen LogP contribution in [-0.4, -0.2) is 38.1 Å². The van der Waals surface area contributed by atoms with Crippen molar-refractivity contribution in [3.8, 4) is 0 Å². The normalized spacial score (nSPS) is 11.5. The van der Waals surface area contributed by atoms with E-state index in [-0.39, 0.29) is 53.9 Å². The Bertz CT molecular complexity index is 892. The van der Waals surface area contributed by atoms with Crippen LogP contribution in [0.1, 0.15) is 85.9 Å². The van der Waals surface area contributed by atoms with E-state index in [1.807, 2.05) is 12.2 Å². The number of ether oxygens (including phenoxy) is 2. The van der Waals surface area contributed by atoms with E-state index >= 15 is 0 Å². The summed E-state index contributed by atoms with van der Waals surface area (Å²) in [4.78, 5) is 24.4. The van der Waals surface area contributed by atoms with Crippen LogP contribution in [0.4, 0.5) is 0 Å². The fourth-order valence-electron chi connectivity index (χ4n) is 2.72. The topological polar surface area (TPSA) is 110 Å². The molecule has 0 N–H and O–H groups in total. The van der Waals surface area contributed by atoms with Crippen LogP contribution in [0.5, 0.6) is 0 Å². The van der Waals surface area contributed by atoms with Crippen molar-refractivity contribution < 1.29 is 61.6 Å². The molecule has 7 nitrogen and oxygen atoms in total. The van der Waals surface area contributed by atoms with Gasteiger partial charge in [0.15, 0.2) is 0 Å². The maximum absolute atomic E-state index is 12.5. The Morgan fingerprint density at radius 1 is 0.818 bits per heavy atom. The van der Waals surface area contributed by atoms with Gasteiger partial charge in [0.1, 0.15) is 10.1 Å². The maximum atomic E-state index is 12.5. The average Bonchev–Trinajstić information content (AvgIpc) is 2.76. The minimum Gasteiger partial charge on any atom is -0.744 e. The van der Waals surface area contributed by atoms with Crippen molar-refractivity contribution in [2.24, 2.45) is 0 Å². The van der Waals surface area contributed by atoms with Gasteiger partial charge in [-0.05, 0) is 56.7 Å². The first-order chi connectivity index (χ1) is 15.3. The van der Waals surface area contributed by atoms with Crippen LogP contribution in [0, 0.1) is 0 Å². The summed E-state index contributed by atoms with van der Waals surface area (Å²) in [5, 5.41) is 0. The molecule has 9 heteroatoms. The number of carbonyl (C=O) groups excluding carboxylic acids is 2. The first-order valence-corrected chi connectivity index (χ1v) is 12.5. The molecule has 0 heterocycles. The van der Waals surface area contributed by atoms with Crippen molar-refractivity contribution in [2.45, 2.75) is 70.1 Å². The molecule has 0 saturated heterocycles. The molecule has 1 aromatic carbocycles. The van der Waals surface area contributed by atoms with Crippen molar-refractivity contribution in [1.29, 1.82) is 0 Å². The standard InChI is InChI=1S/C24H34O7S.Na/c1-3-5-7-9-11-13-17-30-23(25)21-16-15-20(32(27,28)29)19-22(21)24(26)31-18-14-12-10-8-6-4-2;/h7-10,15-16,19H,3-6,11-14,17-18H2,1-2H3,(H,27,28,29);/q;+1/p-1/b9-7+,10-8+;. The number of allylic oxidation sites excluding steroid dienone is 4. The van der Waals surface area contributed by atoms with Crippen LogP contribution in [0.2, 0.25) is 0 Å². The second-order valence-electron chi connectivity index (χ2n) is 7.24. The van der Waals surface area contributed by atoms with Crippen LogP contribution in [0.15, 0.2) is 47.4 Å². The molecule has 0 fully saturated rings. The van der Waals surface area contributed by atoms with Crippen LogP contribution < -0.4 is 29.6 Å². The fraction of sp³-hybridized carbons (Fsp3) is 0.500. The summed E-state index contributed by atoms with van der Waals surface area (Å²) < 4.78 is 44.5. The predicted molar refractivity (Wildman–Crippen MR) is 122 cm³/mol. The van der Waals surface area contributed by atoms with E-state index in [9.17, 15) is 22.6 Å². The Kier molecular flexibility index (Phi) is 17.2. The van der Waals surface area contributed by atoms with Crippen molar-refractivity contribution in [1.82, 2.24) is 0 Å². The van der Waals surface area contributed by atoms with E-state index in [2.05, 4.69) is 26.0 Å². The summed E-state index contributed by atoms with van der Waals surface area (Å²) in [6.07, 6.45) is 14.9. The predicted octanol–water partition coefficient (Wildman–Crippen LogP) is 2.18. The van der Waals surface area contributed by atoms with Gasteiger partial charge in [-0.1, -0.05) is 51.0 Å². The molecule has 0 unspecified atom stereocenters. The Morgan fingerprint density at radius 2 is 1.27 bits per heavy atom. The Labute approximate surface area is 219 Å². The van der Waals surface area contributed by atoms with Crippen LogP contribution >= 0.6 is 0 Å². The number of hydrogen-bond donors (Lipinski definition) is 0. The Morgan fingerprint density at radius 3 is 1.73 bits per heavy atom. The molecule has 0 aliphatic carbocycles. The van der Waals surface area contributed by atoms with E-state index < -0.39 is 27.0 Å². The number of rotatable bonds is 15. The molecule has 178 valence electrons. The van der Waals surface area contributed by atoms with Gasteiger partial charge >= 0.3 is 41.5 Å². The van der Waals surface area contributed by atoms with Gasteiger partial charge in [-0.15, -0.1) is 0 Å². The van der Waals surface area contributed by atoms with Gasteiger partial charge < -0.3 is 14.0 Å². The van der Waals surface area contributed by atoms with E-state index in [0.29, 0.717) is 12.8 Å². The van der Waals surface area contributed by atoms with Gasteiger partial charge in [0.25, 0.3) is 0 Å². The molecule has 0 aliphatic rings. The van der Waals surface area contributed by atoms with E-state index in [4.69, 9.17) is 9.47 Å². The first-order valence-electron chi connectivity index (χ1n) is 11.0.